The Kier molecular flexibility index (Phi) is 8.62. The fraction of sp³-hybridized carbons (Fsp3) is 0.273. The number of ether oxygens (including phenoxy) is 1. The predicted octanol–water partition coefficient (Wildman–Crippen LogP) is 5.75. The van der Waals surface area contributed by atoms with Crippen LogP contribution in [0.25, 0.3) is 0 Å². The van der Waals surface area contributed by atoms with E-state index in [0.717, 1.165) is 36.3 Å². The molecule has 206 valence electrons. The van der Waals surface area contributed by atoms with Crippen LogP contribution in [0.2, 0.25) is 0 Å². The van der Waals surface area contributed by atoms with Crippen LogP contribution in [0.15, 0.2) is 108 Å². The molecule has 1 fully saturated rings. The molecule has 7 heteroatoms. The Morgan fingerprint density at radius 1 is 1.00 bits per heavy atom. The smallest absolute Gasteiger partial charge is 0.315 e. The van der Waals surface area contributed by atoms with Crippen molar-refractivity contribution in [1.82, 2.24) is 4.90 Å². The lowest BCUT2D eigenvalue weighted by Gasteiger charge is -2.43. The van der Waals surface area contributed by atoms with Gasteiger partial charge in [0.15, 0.2) is 5.76 Å². The van der Waals surface area contributed by atoms with E-state index in [1.165, 1.54) is 6.26 Å². The van der Waals surface area contributed by atoms with E-state index in [-0.39, 0.29) is 30.4 Å². The second kappa shape index (κ2) is 12.7. The van der Waals surface area contributed by atoms with Crippen LogP contribution < -0.4 is 10.6 Å². The van der Waals surface area contributed by atoms with Gasteiger partial charge in [-0.3, -0.25) is 9.59 Å². The highest BCUT2D eigenvalue weighted by molar-refractivity contribution is 6.04. The van der Waals surface area contributed by atoms with Gasteiger partial charge in [-0.15, -0.1) is 0 Å². The van der Waals surface area contributed by atoms with Gasteiger partial charge in [0.25, 0.3) is 5.91 Å². The number of hydrogen-bond acceptors (Lipinski definition) is 6. The van der Waals surface area contributed by atoms with E-state index in [1.54, 1.807) is 12.1 Å². The summed E-state index contributed by atoms with van der Waals surface area (Å²) in [5.41, 5.74) is 9.33. The van der Waals surface area contributed by atoms with Crippen LogP contribution in [0.5, 0.6) is 0 Å². The minimum Gasteiger partial charge on any atom is -0.460 e. The highest BCUT2D eigenvalue weighted by atomic mass is 16.5. The predicted molar refractivity (Wildman–Crippen MR) is 156 cm³/mol. The van der Waals surface area contributed by atoms with E-state index in [9.17, 15) is 9.59 Å². The number of piperidine rings is 1. The number of hydrogen-bond donors (Lipinski definition) is 1. The maximum Gasteiger partial charge on any atom is 0.315 e. The van der Waals surface area contributed by atoms with Crippen LogP contribution in [0.1, 0.15) is 40.9 Å². The first-order valence-corrected chi connectivity index (χ1v) is 13.7. The summed E-state index contributed by atoms with van der Waals surface area (Å²) < 4.78 is 11.2. The molecule has 1 amide bonds. The highest BCUT2D eigenvalue weighted by Crippen LogP contribution is 2.31. The van der Waals surface area contributed by atoms with E-state index in [2.05, 4.69) is 11.8 Å². The molecular formula is C33H35N3O4. The van der Waals surface area contributed by atoms with E-state index < -0.39 is 5.92 Å². The lowest BCUT2D eigenvalue weighted by molar-refractivity contribution is -0.147. The van der Waals surface area contributed by atoms with Crippen molar-refractivity contribution < 1.29 is 18.7 Å². The Morgan fingerprint density at radius 3 is 2.42 bits per heavy atom. The maximum absolute atomic E-state index is 13.6. The van der Waals surface area contributed by atoms with Crippen molar-refractivity contribution in [3.63, 3.8) is 0 Å². The second-order valence-corrected chi connectivity index (χ2v) is 10.4. The maximum atomic E-state index is 13.6. The summed E-state index contributed by atoms with van der Waals surface area (Å²) in [4.78, 5) is 31.1. The van der Waals surface area contributed by atoms with Crippen LogP contribution in [-0.4, -0.2) is 42.5 Å². The molecule has 0 aliphatic carbocycles. The fourth-order valence-corrected chi connectivity index (χ4v) is 5.51. The average molecular weight is 538 g/mol. The number of furan rings is 1. The number of likely N-dealkylation sites (tertiary alicyclic amines) is 1. The molecule has 0 bridgehead atoms. The van der Waals surface area contributed by atoms with E-state index in [0.29, 0.717) is 18.0 Å². The molecule has 5 rings (SSSR count). The first-order chi connectivity index (χ1) is 19.5. The monoisotopic (exact) mass is 537 g/mol. The zero-order chi connectivity index (χ0) is 27.9. The molecule has 40 heavy (non-hydrogen) atoms. The summed E-state index contributed by atoms with van der Waals surface area (Å²) in [7, 11) is 0. The lowest BCUT2D eigenvalue weighted by Crippen LogP contribution is -2.53. The zero-order valence-electron chi connectivity index (χ0n) is 22.7. The molecule has 2 N–H and O–H groups in total. The SMILES string of the molecule is C[C@@H]1CN(CC(C(=O)OCc2ccccc2)c2ccccc2)CC[C@@H]1N(C(=O)c1ccco1)c1cccc(N)c1. The van der Waals surface area contributed by atoms with Gasteiger partial charge in [0.05, 0.1) is 12.2 Å². The number of benzene rings is 3. The third kappa shape index (κ3) is 6.43. The van der Waals surface area contributed by atoms with Gasteiger partial charge in [-0.05, 0) is 53.8 Å². The van der Waals surface area contributed by atoms with Crippen molar-refractivity contribution >= 4 is 23.3 Å². The molecule has 0 saturated carbocycles. The number of carbonyl (C=O) groups excluding carboxylic acids is 2. The fourth-order valence-electron chi connectivity index (χ4n) is 5.51. The van der Waals surface area contributed by atoms with Gasteiger partial charge in [-0.2, -0.15) is 0 Å². The molecule has 1 saturated heterocycles. The standard InChI is InChI=1S/C33H35N3O4/c1-24-21-35(22-29(26-12-6-3-7-13-26)33(38)40-23-25-10-4-2-5-11-25)18-17-30(24)36(28-15-8-14-27(34)20-28)32(37)31-16-9-19-39-31/h2-16,19-20,24,29-30H,17-18,21-23,34H2,1H3/t24-,29?,30+/m1/s1. The summed E-state index contributed by atoms with van der Waals surface area (Å²) in [5, 5.41) is 0. The number of nitrogen functional groups attached to an aromatic ring is 1. The summed E-state index contributed by atoms with van der Waals surface area (Å²) in [6.07, 6.45) is 2.25. The minimum atomic E-state index is -0.413. The molecule has 1 aliphatic heterocycles. The largest absolute Gasteiger partial charge is 0.460 e. The van der Waals surface area contributed by atoms with E-state index in [1.807, 2.05) is 89.8 Å². The first-order valence-electron chi connectivity index (χ1n) is 13.7. The Bertz CT molecular complexity index is 1390. The number of nitrogens with two attached hydrogens (primary N) is 1. The number of nitrogens with zero attached hydrogens (tertiary/aromatic N) is 2. The van der Waals surface area contributed by atoms with Crippen molar-refractivity contribution in [1.29, 1.82) is 0 Å². The third-order valence-electron chi connectivity index (χ3n) is 7.53. The molecule has 2 heterocycles. The van der Waals surface area contributed by atoms with Crippen LogP contribution >= 0.6 is 0 Å². The summed E-state index contributed by atoms with van der Waals surface area (Å²) >= 11 is 0. The van der Waals surface area contributed by atoms with Crippen LogP contribution in [0, 0.1) is 5.92 Å². The van der Waals surface area contributed by atoms with Gasteiger partial charge < -0.3 is 24.7 Å². The molecule has 0 radical (unpaired) electrons. The highest BCUT2D eigenvalue weighted by Gasteiger charge is 2.37. The van der Waals surface area contributed by atoms with Gasteiger partial charge in [0.2, 0.25) is 0 Å². The van der Waals surface area contributed by atoms with Crippen molar-refractivity contribution in [2.75, 3.05) is 30.3 Å². The Labute approximate surface area is 235 Å². The molecule has 1 aliphatic rings. The number of carbonyl (C=O) groups is 2. The van der Waals surface area contributed by atoms with Gasteiger partial charge in [-0.1, -0.05) is 73.7 Å². The lowest BCUT2D eigenvalue weighted by atomic mass is 9.90. The molecule has 4 aromatic rings. The number of rotatable bonds is 9. The van der Waals surface area contributed by atoms with Gasteiger partial charge in [0, 0.05) is 37.1 Å². The van der Waals surface area contributed by atoms with Gasteiger partial charge in [-0.25, -0.2) is 0 Å². The molecule has 3 atom stereocenters. The van der Waals surface area contributed by atoms with E-state index >= 15 is 0 Å². The molecule has 1 aromatic heterocycles. The Balaban J connectivity index is 1.31. The number of esters is 1. The van der Waals surface area contributed by atoms with Crippen molar-refractivity contribution in [3.05, 3.63) is 120 Å². The molecule has 3 aromatic carbocycles. The summed E-state index contributed by atoms with van der Waals surface area (Å²) in [6.45, 7) is 4.39. The summed E-state index contributed by atoms with van der Waals surface area (Å²) in [5.74, 6) is -0.414. The molecule has 1 unspecified atom stereocenters. The Hall–Kier alpha value is -4.36. The van der Waals surface area contributed by atoms with E-state index in [4.69, 9.17) is 14.9 Å². The topological polar surface area (TPSA) is 89.0 Å². The molecule has 7 nitrogen and oxygen atoms in total. The number of anilines is 2. The van der Waals surface area contributed by atoms with Crippen LogP contribution in [0.3, 0.4) is 0 Å². The number of amides is 1. The minimum absolute atomic E-state index is 0.0594. The molecular weight excluding hydrogens is 502 g/mol. The van der Waals surface area contributed by atoms with Crippen LogP contribution in [0.4, 0.5) is 11.4 Å². The quantitative estimate of drug-likeness (QED) is 0.216. The van der Waals surface area contributed by atoms with Crippen LogP contribution in [-0.2, 0) is 16.1 Å². The second-order valence-electron chi connectivity index (χ2n) is 10.4. The average Bonchev–Trinajstić information content (AvgIpc) is 3.52. The zero-order valence-corrected chi connectivity index (χ0v) is 22.7. The van der Waals surface area contributed by atoms with Crippen molar-refractivity contribution in [2.45, 2.75) is 31.9 Å². The molecule has 0 spiro atoms. The van der Waals surface area contributed by atoms with Crippen molar-refractivity contribution in [3.8, 4) is 0 Å². The Morgan fingerprint density at radius 2 is 1.75 bits per heavy atom. The van der Waals surface area contributed by atoms with Crippen molar-refractivity contribution in [2.24, 2.45) is 5.92 Å². The normalized spacial score (nSPS) is 18.1. The summed E-state index contributed by atoms with van der Waals surface area (Å²) in [6, 6.07) is 30.3. The van der Waals surface area contributed by atoms with Gasteiger partial charge >= 0.3 is 5.97 Å². The first kappa shape index (κ1) is 27.2. The third-order valence-corrected chi connectivity index (χ3v) is 7.53. The van der Waals surface area contributed by atoms with Gasteiger partial charge in [0.1, 0.15) is 6.61 Å².